The molecule has 0 radical (unpaired) electrons. The summed E-state index contributed by atoms with van der Waals surface area (Å²) in [6.07, 6.45) is 0. The van der Waals surface area contributed by atoms with Gasteiger partial charge in [0.2, 0.25) is 0 Å². The highest BCUT2D eigenvalue weighted by atomic mass is 32.1. The molecule has 1 aliphatic carbocycles. The maximum absolute atomic E-state index is 6.80. The SMILES string of the molecule is c1ccc(-c2ccc(-c3cccc4sc5ccc(N(c6cccc(C7(c8ccccc8)c8ccccc8-c8c(-c9ccccc9)cccc87)c6)c6cccc7oc8ccc(-c9ccccc9)cc8c67)cc5c34)cc2)cc1. The third-order valence-corrected chi connectivity index (χ3v) is 16.9. The van der Waals surface area contributed by atoms with Crippen LogP contribution >= 0.6 is 11.3 Å². The lowest BCUT2D eigenvalue weighted by atomic mass is 9.67. The zero-order valence-electron chi connectivity index (χ0n) is 41.4. The zero-order valence-corrected chi connectivity index (χ0v) is 42.2. The van der Waals surface area contributed by atoms with Gasteiger partial charge in [-0.3, -0.25) is 0 Å². The Morgan fingerprint density at radius 3 is 1.67 bits per heavy atom. The number of hydrogen-bond donors (Lipinski definition) is 0. The van der Waals surface area contributed by atoms with Crippen LogP contribution in [-0.4, -0.2) is 0 Å². The van der Waals surface area contributed by atoms with Gasteiger partial charge in [0.1, 0.15) is 11.2 Å². The summed E-state index contributed by atoms with van der Waals surface area (Å²) in [6, 6.07) is 105. The van der Waals surface area contributed by atoms with Crippen LogP contribution in [0.5, 0.6) is 0 Å². The van der Waals surface area contributed by atoms with Crippen LogP contribution in [0.1, 0.15) is 22.3 Å². The average Bonchev–Trinajstić information content (AvgIpc) is 4.21. The molecule has 2 heterocycles. The predicted molar refractivity (Wildman–Crippen MR) is 320 cm³/mol. The van der Waals surface area contributed by atoms with Crippen molar-refractivity contribution in [3.05, 3.63) is 307 Å². The number of rotatable bonds is 9. The Balaban J connectivity index is 0.985. The van der Waals surface area contributed by atoms with Crippen molar-refractivity contribution in [2.24, 2.45) is 0 Å². The van der Waals surface area contributed by atoms with Gasteiger partial charge in [0.05, 0.1) is 16.5 Å². The third-order valence-electron chi connectivity index (χ3n) is 15.8. The van der Waals surface area contributed by atoms with Crippen molar-refractivity contribution in [3.8, 4) is 55.6 Å². The summed E-state index contributed by atoms with van der Waals surface area (Å²) in [5.74, 6) is 0. The van der Waals surface area contributed by atoms with E-state index in [9.17, 15) is 0 Å². The van der Waals surface area contributed by atoms with E-state index in [4.69, 9.17) is 4.42 Å². The van der Waals surface area contributed by atoms with Gasteiger partial charge < -0.3 is 9.32 Å². The van der Waals surface area contributed by atoms with Crippen LogP contribution in [0.2, 0.25) is 0 Å². The first-order chi connectivity index (χ1) is 37.7. The Hall–Kier alpha value is -9.54. The van der Waals surface area contributed by atoms with Crippen molar-refractivity contribution in [1.82, 2.24) is 0 Å². The van der Waals surface area contributed by atoms with Crippen LogP contribution in [-0.2, 0) is 5.41 Å². The molecule has 0 aliphatic heterocycles. The summed E-state index contributed by atoms with van der Waals surface area (Å²) in [5.41, 5.74) is 21.3. The molecule has 76 heavy (non-hydrogen) atoms. The van der Waals surface area contributed by atoms with Crippen molar-refractivity contribution >= 4 is 70.5 Å². The molecule has 2 nitrogen and oxygen atoms in total. The highest BCUT2D eigenvalue weighted by Gasteiger charge is 2.47. The summed E-state index contributed by atoms with van der Waals surface area (Å²) in [7, 11) is 0. The van der Waals surface area contributed by atoms with Crippen LogP contribution in [0.4, 0.5) is 17.1 Å². The Kier molecular flexibility index (Phi) is 10.3. The molecule has 356 valence electrons. The van der Waals surface area contributed by atoms with E-state index in [0.717, 1.165) is 44.6 Å². The average molecular weight is 986 g/mol. The molecule has 0 spiro atoms. The molecular weight excluding hydrogens is 939 g/mol. The Bertz CT molecular complexity index is 4500. The monoisotopic (exact) mass is 985 g/mol. The summed E-state index contributed by atoms with van der Waals surface area (Å²) < 4.78 is 9.31. The molecule has 0 saturated carbocycles. The van der Waals surface area contributed by atoms with Gasteiger partial charge in [-0.2, -0.15) is 0 Å². The second kappa shape index (κ2) is 17.8. The van der Waals surface area contributed by atoms with Crippen molar-refractivity contribution in [1.29, 1.82) is 0 Å². The number of nitrogens with zero attached hydrogens (tertiary/aromatic N) is 1. The Morgan fingerprint density at radius 1 is 0.316 bits per heavy atom. The first-order valence-corrected chi connectivity index (χ1v) is 26.9. The van der Waals surface area contributed by atoms with Gasteiger partial charge >= 0.3 is 0 Å². The topological polar surface area (TPSA) is 16.4 Å². The van der Waals surface area contributed by atoms with Gasteiger partial charge in [-0.15, -0.1) is 11.3 Å². The van der Waals surface area contributed by atoms with Gasteiger partial charge in [0.25, 0.3) is 0 Å². The Morgan fingerprint density at radius 2 is 0.882 bits per heavy atom. The van der Waals surface area contributed by atoms with Crippen LogP contribution in [0, 0.1) is 0 Å². The quantitative estimate of drug-likeness (QED) is 0.143. The second-order valence-electron chi connectivity index (χ2n) is 19.9. The standard InChI is InChI=1S/C73H47NOS/c1-5-19-48(20-6-1)50-37-39-52(40-38-50)59-31-17-36-69-71(59)62-47-57(42-44-68(62)76-69)74(65-34-18-35-67-72(65)61-45-53(41-43-66(61)75-67)49-21-7-2-8-22-49)56-28-15-27-55(46-56)73(54-25-11-4-12-26-54)63-32-14-13-29-60(63)70-58(30-16-33-64(70)73)51-23-9-3-10-24-51/h1-47H. The lowest BCUT2D eigenvalue weighted by molar-refractivity contribution is 0.669. The van der Waals surface area contributed by atoms with Crippen LogP contribution in [0.25, 0.3) is 97.7 Å². The minimum atomic E-state index is -0.642. The largest absolute Gasteiger partial charge is 0.456 e. The summed E-state index contributed by atoms with van der Waals surface area (Å²) in [6.45, 7) is 0. The van der Waals surface area contributed by atoms with E-state index >= 15 is 0 Å². The number of benzene rings is 12. The minimum absolute atomic E-state index is 0.642. The van der Waals surface area contributed by atoms with Gasteiger partial charge in [0.15, 0.2) is 0 Å². The molecule has 2 aromatic heterocycles. The lowest BCUT2D eigenvalue weighted by Crippen LogP contribution is -2.29. The maximum Gasteiger partial charge on any atom is 0.137 e. The second-order valence-corrected chi connectivity index (χ2v) is 21.0. The molecule has 1 atom stereocenters. The van der Waals surface area contributed by atoms with Gasteiger partial charge in [0, 0.05) is 36.9 Å². The van der Waals surface area contributed by atoms with E-state index in [2.05, 4.69) is 290 Å². The van der Waals surface area contributed by atoms with Gasteiger partial charge in [-0.1, -0.05) is 224 Å². The zero-order chi connectivity index (χ0) is 50.2. The summed E-state index contributed by atoms with van der Waals surface area (Å²) in [4.78, 5) is 2.48. The number of fused-ring (bicyclic) bond motifs is 9. The van der Waals surface area contributed by atoms with E-state index in [-0.39, 0.29) is 0 Å². The number of anilines is 3. The van der Waals surface area contributed by atoms with Crippen molar-refractivity contribution in [2.45, 2.75) is 5.41 Å². The molecule has 14 aromatic rings. The van der Waals surface area contributed by atoms with E-state index in [1.807, 2.05) is 11.3 Å². The van der Waals surface area contributed by atoms with Gasteiger partial charge in [-0.25, -0.2) is 0 Å². The number of hydrogen-bond acceptors (Lipinski definition) is 3. The molecule has 1 unspecified atom stereocenters. The maximum atomic E-state index is 6.80. The normalized spacial score (nSPS) is 13.8. The molecule has 0 saturated heterocycles. The number of furan rings is 1. The van der Waals surface area contributed by atoms with E-state index in [1.54, 1.807) is 0 Å². The highest BCUT2D eigenvalue weighted by molar-refractivity contribution is 7.26. The molecular formula is C73H47NOS. The molecule has 0 N–H and O–H groups in total. The summed E-state index contributed by atoms with van der Waals surface area (Å²) >= 11 is 1.86. The van der Waals surface area contributed by atoms with E-state index in [1.165, 1.54) is 92.5 Å². The predicted octanol–water partition coefficient (Wildman–Crippen LogP) is 20.5. The molecule has 12 aromatic carbocycles. The van der Waals surface area contributed by atoms with Crippen molar-refractivity contribution in [2.75, 3.05) is 4.90 Å². The Labute approximate surface area is 445 Å². The molecule has 0 fully saturated rings. The smallest absolute Gasteiger partial charge is 0.137 e. The fourth-order valence-corrected chi connectivity index (χ4v) is 13.6. The molecule has 15 rings (SSSR count). The van der Waals surface area contributed by atoms with Crippen LogP contribution in [0.15, 0.2) is 290 Å². The van der Waals surface area contributed by atoms with Crippen LogP contribution < -0.4 is 4.90 Å². The number of thiophene rings is 1. The first kappa shape index (κ1) is 44.0. The fraction of sp³-hybridized carbons (Fsp3) is 0.0137. The van der Waals surface area contributed by atoms with E-state index in [0.29, 0.717) is 0 Å². The fourth-order valence-electron chi connectivity index (χ4n) is 12.4. The highest BCUT2D eigenvalue weighted by Crippen LogP contribution is 2.59. The lowest BCUT2D eigenvalue weighted by Gasteiger charge is -2.35. The first-order valence-electron chi connectivity index (χ1n) is 26.1. The molecule has 0 amide bonds. The summed E-state index contributed by atoms with van der Waals surface area (Å²) in [5, 5.41) is 4.63. The van der Waals surface area contributed by atoms with Crippen molar-refractivity contribution in [3.63, 3.8) is 0 Å². The molecule has 3 heteroatoms. The van der Waals surface area contributed by atoms with Crippen LogP contribution in [0.3, 0.4) is 0 Å². The molecule has 0 bridgehead atoms. The van der Waals surface area contributed by atoms with E-state index < -0.39 is 5.41 Å². The third kappa shape index (κ3) is 6.94. The minimum Gasteiger partial charge on any atom is -0.456 e. The molecule has 1 aliphatic rings. The van der Waals surface area contributed by atoms with Gasteiger partial charge in [-0.05, 0) is 139 Å². The van der Waals surface area contributed by atoms with Crippen molar-refractivity contribution < 1.29 is 4.42 Å².